The Kier molecular flexibility index (Phi) is 9.08. The van der Waals surface area contributed by atoms with Crippen LogP contribution >= 0.6 is 0 Å². The number of benzene rings is 2. The van der Waals surface area contributed by atoms with Gasteiger partial charge in [-0.05, 0) is 37.0 Å². The van der Waals surface area contributed by atoms with Crippen molar-refractivity contribution in [2.24, 2.45) is 0 Å². The summed E-state index contributed by atoms with van der Waals surface area (Å²) < 4.78 is 10.9. The average Bonchev–Trinajstić information content (AvgIpc) is 2.68. The quantitative estimate of drug-likeness (QED) is 0.573. The first-order valence-electron chi connectivity index (χ1n) is 9.05. The summed E-state index contributed by atoms with van der Waals surface area (Å²) in [5.74, 6) is 0.729. The van der Waals surface area contributed by atoms with E-state index in [0.29, 0.717) is 19.8 Å². The Labute approximate surface area is 155 Å². The van der Waals surface area contributed by atoms with E-state index in [9.17, 15) is 4.79 Å². The highest BCUT2D eigenvalue weighted by Crippen LogP contribution is 2.23. The minimum Gasteiger partial charge on any atom is -0.491 e. The van der Waals surface area contributed by atoms with Gasteiger partial charge in [-0.25, -0.2) is 0 Å². The van der Waals surface area contributed by atoms with Gasteiger partial charge in [-0.15, -0.1) is 0 Å². The number of carbonyl (C=O) groups excluding carboxylic acids is 1. The van der Waals surface area contributed by atoms with E-state index in [-0.39, 0.29) is 12.5 Å². The molecular weight excluding hydrogens is 328 g/mol. The molecule has 2 rings (SSSR count). The van der Waals surface area contributed by atoms with Crippen molar-refractivity contribution in [1.82, 2.24) is 5.32 Å². The van der Waals surface area contributed by atoms with Gasteiger partial charge in [0.1, 0.15) is 5.75 Å². The van der Waals surface area contributed by atoms with Gasteiger partial charge < -0.3 is 20.1 Å². The van der Waals surface area contributed by atoms with Gasteiger partial charge in [0, 0.05) is 20.3 Å². The first-order valence-corrected chi connectivity index (χ1v) is 9.05. The van der Waals surface area contributed by atoms with Gasteiger partial charge in [0.15, 0.2) is 0 Å². The summed E-state index contributed by atoms with van der Waals surface area (Å²) in [6, 6.07) is 18.1. The normalized spacial score (nSPS) is 10.3. The molecule has 0 aromatic heterocycles. The third kappa shape index (κ3) is 7.57. The number of aryl methyl sites for hydroxylation is 1. The van der Waals surface area contributed by atoms with E-state index in [1.165, 1.54) is 5.56 Å². The van der Waals surface area contributed by atoms with Crippen LogP contribution in [0.2, 0.25) is 0 Å². The summed E-state index contributed by atoms with van der Waals surface area (Å²) in [5, 5.41) is 6.00. The lowest BCUT2D eigenvalue weighted by atomic mass is 10.1. The number of hydrogen-bond donors (Lipinski definition) is 2. The molecule has 0 heterocycles. The Morgan fingerprint density at radius 1 is 0.962 bits per heavy atom. The average molecular weight is 356 g/mol. The van der Waals surface area contributed by atoms with Crippen LogP contribution in [0.4, 0.5) is 5.69 Å². The molecule has 140 valence electrons. The van der Waals surface area contributed by atoms with E-state index in [4.69, 9.17) is 9.47 Å². The molecule has 5 heteroatoms. The van der Waals surface area contributed by atoms with Crippen LogP contribution in [0.5, 0.6) is 5.75 Å². The van der Waals surface area contributed by atoms with Gasteiger partial charge in [-0.2, -0.15) is 0 Å². The Balaban J connectivity index is 1.72. The lowest BCUT2D eigenvalue weighted by molar-refractivity contribution is -0.119. The molecule has 0 aliphatic carbocycles. The van der Waals surface area contributed by atoms with Crippen LogP contribution in [-0.2, 0) is 16.0 Å². The van der Waals surface area contributed by atoms with Crippen molar-refractivity contribution >= 4 is 11.6 Å². The van der Waals surface area contributed by atoms with Crippen molar-refractivity contribution in [2.45, 2.75) is 19.3 Å². The zero-order chi connectivity index (χ0) is 18.5. The number of amides is 1. The molecule has 0 unspecified atom stereocenters. The maximum Gasteiger partial charge on any atom is 0.239 e. The van der Waals surface area contributed by atoms with Crippen molar-refractivity contribution in [3.05, 3.63) is 60.2 Å². The van der Waals surface area contributed by atoms with E-state index in [1.54, 1.807) is 7.11 Å². The summed E-state index contributed by atoms with van der Waals surface area (Å²) in [5.41, 5.74) is 2.15. The predicted molar refractivity (Wildman–Crippen MR) is 105 cm³/mol. The summed E-state index contributed by atoms with van der Waals surface area (Å²) in [6.45, 7) is 2.12. The number of anilines is 1. The highest BCUT2D eigenvalue weighted by Gasteiger charge is 2.05. The highest BCUT2D eigenvalue weighted by atomic mass is 16.5. The molecule has 5 nitrogen and oxygen atoms in total. The predicted octanol–water partition coefficient (Wildman–Crippen LogP) is 3.26. The Bertz CT molecular complexity index is 647. The SMILES string of the molecule is COCCCNC(=O)CNc1ccccc1OCCCc1ccccc1. The number of para-hydroxylation sites is 2. The molecule has 0 saturated heterocycles. The molecule has 0 aliphatic heterocycles. The van der Waals surface area contributed by atoms with Crippen molar-refractivity contribution in [3.63, 3.8) is 0 Å². The van der Waals surface area contributed by atoms with Crippen LogP contribution in [0.1, 0.15) is 18.4 Å². The third-order valence-electron chi connectivity index (χ3n) is 3.88. The molecule has 0 radical (unpaired) electrons. The number of ether oxygens (including phenoxy) is 2. The summed E-state index contributed by atoms with van der Waals surface area (Å²) >= 11 is 0. The maximum absolute atomic E-state index is 11.9. The minimum absolute atomic E-state index is 0.0417. The van der Waals surface area contributed by atoms with E-state index < -0.39 is 0 Å². The van der Waals surface area contributed by atoms with Gasteiger partial charge in [0.05, 0.1) is 18.8 Å². The molecule has 0 atom stereocenters. The number of rotatable bonds is 12. The van der Waals surface area contributed by atoms with E-state index in [1.807, 2.05) is 30.3 Å². The van der Waals surface area contributed by atoms with Crippen molar-refractivity contribution in [3.8, 4) is 5.75 Å². The van der Waals surface area contributed by atoms with Crippen molar-refractivity contribution < 1.29 is 14.3 Å². The first-order chi connectivity index (χ1) is 12.8. The monoisotopic (exact) mass is 356 g/mol. The largest absolute Gasteiger partial charge is 0.491 e. The molecule has 0 aliphatic rings. The maximum atomic E-state index is 11.9. The molecule has 0 bridgehead atoms. The molecule has 26 heavy (non-hydrogen) atoms. The molecule has 2 aromatic carbocycles. The smallest absolute Gasteiger partial charge is 0.239 e. The number of methoxy groups -OCH3 is 1. The van der Waals surface area contributed by atoms with E-state index >= 15 is 0 Å². The fourth-order valence-electron chi connectivity index (χ4n) is 2.52. The Hall–Kier alpha value is -2.53. The van der Waals surface area contributed by atoms with Gasteiger partial charge in [0.2, 0.25) is 5.91 Å². The van der Waals surface area contributed by atoms with Crippen LogP contribution < -0.4 is 15.4 Å². The van der Waals surface area contributed by atoms with E-state index in [0.717, 1.165) is 30.7 Å². The zero-order valence-electron chi connectivity index (χ0n) is 15.4. The van der Waals surface area contributed by atoms with Gasteiger partial charge >= 0.3 is 0 Å². The number of hydrogen-bond acceptors (Lipinski definition) is 4. The summed E-state index contributed by atoms with van der Waals surface area (Å²) in [6.07, 6.45) is 2.74. The van der Waals surface area contributed by atoms with Crippen molar-refractivity contribution in [2.75, 3.05) is 38.7 Å². The molecule has 0 fully saturated rings. The standard InChI is InChI=1S/C21H28N2O3/c1-25-15-8-14-22-21(24)17-23-19-12-5-6-13-20(19)26-16-7-11-18-9-3-2-4-10-18/h2-6,9-10,12-13,23H,7-8,11,14-17H2,1H3,(H,22,24). The molecule has 0 saturated carbocycles. The van der Waals surface area contributed by atoms with Crippen LogP contribution in [0.3, 0.4) is 0 Å². The fourth-order valence-corrected chi connectivity index (χ4v) is 2.52. The third-order valence-corrected chi connectivity index (χ3v) is 3.88. The summed E-state index contributed by atoms with van der Waals surface area (Å²) in [7, 11) is 1.65. The van der Waals surface area contributed by atoms with Crippen LogP contribution in [0.15, 0.2) is 54.6 Å². The second-order valence-electron chi connectivity index (χ2n) is 5.98. The van der Waals surface area contributed by atoms with Gasteiger partial charge in [-0.3, -0.25) is 4.79 Å². The van der Waals surface area contributed by atoms with Crippen LogP contribution in [0, 0.1) is 0 Å². The molecule has 1 amide bonds. The number of nitrogens with one attached hydrogen (secondary N) is 2. The Morgan fingerprint density at radius 3 is 2.54 bits per heavy atom. The summed E-state index contributed by atoms with van der Waals surface area (Å²) in [4.78, 5) is 11.9. The lowest BCUT2D eigenvalue weighted by Crippen LogP contribution is -2.31. The van der Waals surface area contributed by atoms with Crippen molar-refractivity contribution in [1.29, 1.82) is 0 Å². The zero-order valence-corrected chi connectivity index (χ0v) is 15.4. The Morgan fingerprint density at radius 2 is 1.73 bits per heavy atom. The molecular formula is C21H28N2O3. The number of carbonyl (C=O) groups is 1. The van der Waals surface area contributed by atoms with Crippen LogP contribution in [-0.4, -0.2) is 39.3 Å². The van der Waals surface area contributed by atoms with E-state index in [2.05, 4.69) is 34.9 Å². The molecule has 2 aromatic rings. The van der Waals surface area contributed by atoms with Gasteiger partial charge in [-0.1, -0.05) is 42.5 Å². The minimum atomic E-state index is -0.0417. The topological polar surface area (TPSA) is 59.6 Å². The fraction of sp³-hybridized carbons (Fsp3) is 0.381. The highest BCUT2D eigenvalue weighted by molar-refractivity contribution is 5.81. The van der Waals surface area contributed by atoms with Crippen LogP contribution in [0.25, 0.3) is 0 Å². The van der Waals surface area contributed by atoms with Gasteiger partial charge in [0.25, 0.3) is 0 Å². The second-order valence-corrected chi connectivity index (χ2v) is 5.98. The lowest BCUT2D eigenvalue weighted by Gasteiger charge is -2.13. The molecule has 0 spiro atoms. The second kappa shape index (κ2) is 11.9. The first kappa shape index (κ1) is 19.8. The molecule has 2 N–H and O–H groups in total.